The van der Waals surface area contributed by atoms with Crippen LogP contribution in [0.2, 0.25) is 0 Å². The number of ether oxygens (including phenoxy) is 2. The molecule has 100 valence electrons. The highest BCUT2D eigenvalue weighted by molar-refractivity contribution is 6.06. The third-order valence-electron chi connectivity index (χ3n) is 2.77. The number of esters is 2. The number of carbonyl (C=O) groups excluding carboxylic acids is 2. The Hall–Kier alpha value is -2.30. The molecular weight excluding hydrogens is 248 g/mol. The zero-order chi connectivity index (χ0) is 14.0. The van der Waals surface area contributed by atoms with E-state index in [9.17, 15) is 9.59 Å². The Kier molecular flexibility index (Phi) is 3.55. The molecule has 1 heterocycles. The van der Waals surface area contributed by atoms with E-state index in [0.717, 1.165) is 0 Å². The third kappa shape index (κ3) is 2.31. The summed E-state index contributed by atoms with van der Waals surface area (Å²) in [5.41, 5.74) is 1.23. The van der Waals surface area contributed by atoms with Crippen LogP contribution in [-0.2, 0) is 9.47 Å². The molecule has 2 aromatic rings. The summed E-state index contributed by atoms with van der Waals surface area (Å²) < 4.78 is 15.1. The number of rotatable bonds is 3. The molecule has 0 atom stereocenters. The predicted octanol–water partition coefficient (Wildman–Crippen LogP) is 2.70. The summed E-state index contributed by atoms with van der Waals surface area (Å²) in [7, 11) is 1.31. The number of hydrogen-bond acceptors (Lipinski definition) is 5. The Morgan fingerprint density at radius 3 is 2.63 bits per heavy atom. The molecule has 0 unspecified atom stereocenters. The molecule has 0 N–H and O–H groups in total. The molecular formula is C14H14O5. The average molecular weight is 262 g/mol. The van der Waals surface area contributed by atoms with E-state index in [4.69, 9.17) is 9.15 Å². The van der Waals surface area contributed by atoms with Crippen LogP contribution in [0.5, 0.6) is 0 Å². The third-order valence-corrected chi connectivity index (χ3v) is 2.77. The minimum atomic E-state index is -0.450. The fraction of sp³-hybridized carbons (Fsp3) is 0.286. The van der Waals surface area contributed by atoms with Gasteiger partial charge in [-0.3, -0.25) is 0 Å². The maximum absolute atomic E-state index is 11.8. The van der Waals surface area contributed by atoms with Crippen molar-refractivity contribution in [2.24, 2.45) is 0 Å². The van der Waals surface area contributed by atoms with Gasteiger partial charge < -0.3 is 13.9 Å². The lowest BCUT2D eigenvalue weighted by atomic mass is 10.1. The first-order valence-corrected chi connectivity index (χ1v) is 5.87. The zero-order valence-electron chi connectivity index (χ0n) is 11.0. The van der Waals surface area contributed by atoms with E-state index in [0.29, 0.717) is 34.5 Å². The van der Waals surface area contributed by atoms with Crippen LogP contribution in [0.4, 0.5) is 0 Å². The normalized spacial score (nSPS) is 10.5. The van der Waals surface area contributed by atoms with Crippen molar-refractivity contribution in [3.8, 4) is 0 Å². The van der Waals surface area contributed by atoms with E-state index in [1.165, 1.54) is 7.11 Å². The van der Waals surface area contributed by atoms with E-state index < -0.39 is 11.9 Å². The molecule has 0 fully saturated rings. The highest BCUT2D eigenvalue weighted by Crippen LogP contribution is 2.27. The van der Waals surface area contributed by atoms with Gasteiger partial charge in [-0.1, -0.05) is 0 Å². The monoisotopic (exact) mass is 262 g/mol. The maximum Gasteiger partial charge on any atom is 0.342 e. The molecule has 1 aromatic carbocycles. The molecule has 0 amide bonds. The molecule has 5 nitrogen and oxygen atoms in total. The average Bonchev–Trinajstić information content (AvgIpc) is 2.72. The number of methoxy groups -OCH3 is 1. The molecule has 0 saturated carbocycles. The Morgan fingerprint density at radius 1 is 1.26 bits per heavy atom. The number of furan rings is 1. The highest BCUT2D eigenvalue weighted by Gasteiger charge is 2.20. The van der Waals surface area contributed by atoms with E-state index in [1.807, 2.05) is 0 Å². The van der Waals surface area contributed by atoms with Gasteiger partial charge in [-0.15, -0.1) is 0 Å². The van der Waals surface area contributed by atoms with Crippen LogP contribution >= 0.6 is 0 Å². The van der Waals surface area contributed by atoms with Crippen LogP contribution in [0.15, 0.2) is 22.6 Å². The lowest BCUT2D eigenvalue weighted by Crippen LogP contribution is -2.05. The summed E-state index contributed by atoms with van der Waals surface area (Å²) in [6, 6.07) is 4.80. The number of carbonyl (C=O) groups is 2. The van der Waals surface area contributed by atoms with Gasteiger partial charge in [0.2, 0.25) is 0 Å². The fourth-order valence-corrected chi connectivity index (χ4v) is 1.92. The number of aryl methyl sites for hydroxylation is 1. The second kappa shape index (κ2) is 5.14. The minimum absolute atomic E-state index is 0.297. The fourth-order valence-electron chi connectivity index (χ4n) is 1.92. The van der Waals surface area contributed by atoms with Crippen molar-refractivity contribution in [2.75, 3.05) is 13.7 Å². The quantitative estimate of drug-likeness (QED) is 0.795. The van der Waals surface area contributed by atoms with Crippen molar-refractivity contribution in [2.45, 2.75) is 13.8 Å². The maximum atomic E-state index is 11.8. The van der Waals surface area contributed by atoms with Gasteiger partial charge in [0.05, 0.1) is 19.3 Å². The molecule has 0 aliphatic carbocycles. The van der Waals surface area contributed by atoms with Gasteiger partial charge in [-0.2, -0.15) is 0 Å². The van der Waals surface area contributed by atoms with Gasteiger partial charge in [0.15, 0.2) is 0 Å². The molecule has 5 heteroatoms. The summed E-state index contributed by atoms with van der Waals surface area (Å²) in [4.78, 5) is 23.3. The van der Waals surface area contributed by atoms with Crippen LogP contribution in [0.3, 0.4) is 0 Å². The summed E-state index contributed by atoms with van der Waals surface area (Å²) in [6.45, 7) is 3.72. The second-order valence-corrected chi connectivity index (χ2v) is 3.96. The van der Waals surface area contributed by atoms with Crippen LogP contribution in [0.25, 0.3) is 11.0 Å². The molecule has 0 radical (unpaired) electrons. The Bertz CT molecular complexity index is 639. The van der Waals surface area contributed by atoms with Crippen LogP contribution in [0, 0.1) is 6.92 Å². The molecule has 0 saturated heterocycles. The SMILES string of the molecule is CCOC(=O)c1c(C)oc2cc(C(=O)OC)ccc12. The molecule has 0 spiro atoms. The largest absolute Gasteiger partial charge is 0.465 e. The minimum Gasteiger partial charge on any atom is -0.465 e. The number of fused-ring (bicyclic) bond motifs is 1. The number of benzene rings is 1. The molecule has 0 aliphatic heterocycles. The molecule has 0 aliphatic rings. The summed E-state index contributed by atoms with van der Waals surface area (Å²) in [5, 5.41) is 0.628. The Labute approximate surface area is 110 Å². The second-order valence-electron chi connectivity index (χ2n) is 3.96. The van der Waals surface area contributed by atoms with Gasteiger partial charge in [-0.25, -0.2) is 9.59 Å². The zero-order valence-corrected chi connectivity index (χ0v) is 11.0. The van der Waals surface area contributed by atoms with Crippen molar-refractivity contribution < 1.29 is 23.5 Å². The predicted molar refractivity (Wildman–Crippen MR) is 68.2 cm³/mol. The molecule has 19 heavy (non-hydrogen) atoms. The highest BCUT2D eigenvalue weighted by atomic mass is 16.5. The van der Waals surface area contributed by atoms with Gasteiger partial charge in [0.1, 0.15) is 16.9 Å². The first kappa shape index (κ1) is 13.1. The van der Waals surface area contributed by atoms with Crippen LogP contribution < -0.4 is 0 Å². The standard InChI is InChI=1S/C14H14O5/c1-4-18-14(16)12-8(2)19-11-7-9(13(15)17-3)5-6-10(11)12/h5-7H,4H2,1-3H3. The van der Waals surface area contributed by atoms with Gasteiger partial charge in [-0.05, 0) is 32.0 Å². The van der Waals surface area contributed by atoms with Crippen molar-refractivity contribution in [1.29, 1.82) is 0 Å². The molecule has 2 rings (SSSR count). The molecule has 0 bridgehead atoms. The first-order chi connectivity index (χ1) is 9.08. The topological polar surface area (TPSA) is 65.7 Å². The number of hydrogen-bond donors (Lipinski definition) is 0. The van der Waals surface area contributed by atoms with Crippen LogP contribution in [-0.4, -0.2) is 25.7 Å². The van der Waals surface area contributed by atoms with E-state index in [-0.39, 0.29) is 0 Å². The van der Waals surface area contributed by atoms with Gasteiger partial charge >= 0.3 is 11.9 Å². The van der Waals surface area contributed by atoms with Crippen molar-refractivity contribution in [3.63, 3.8) is 0 Å². The Morgan fingerprint density at radius 2 is 2.00 bits per heavy atom. The first-order valence-electron chi connectivity index (χ1n) is 5.87. The lowest BCUT2D eigenvalue weighted by molar-refractivity contribution is 0.0525. The van der Waals surface area contributed by atoms with Crippen molar-refractivity contribution >= 4 is 22.9 Å². The Balaban J connectivity index is 2.54. The van der Waals surface area contributed by atoms with Crippen molar-refractivity contribution in [3.05, 3.63) is 35.1 Å². The summed E-state index contributed by atoms with van der Waals surface area (Å²) in [6.07, 6.45) is 0. The smallest absolute Gasteiger partial charge is 0.342 e. The van der Waals surface area contributed by atoms with E-state index >= 15 is 0 Å². The van der Waals surface area contributed by atoms with E-state index in [1.54, 1.807) is 32.0 Å². The van der Waals surface area contributed by atoms with E-state index in [2.05, 4.69) is 4.74 Å². The summed E-state index contributed by atoms with van der Waals surface area (Å²) >= 11 is 0. The van der Waals surface area contributed by atoms with Gasteiger partial charge in [0.25, 0.3) is 0 Å². The summed E-state index contributed by atoms with van der Waals surface area (Å²) in [5.74, 6) is -0.409. The lowest BCUT2D eigenvalue weighted by Gasteiger charge is -2.01. The van der Waals surface area contributed by atoms with Crippen LogP contribution in [0.1, 0.15) is 33.4 Å². The van der Waals surface area contributed by atoms with Gasteiger partial charge in [0, 0.05) is 5.39 Å². The van der Waals surface area contributed by atoms with Crippen molar-refractivity contribution in [1.82, 2.24) is 0 Å². The molecule has 1 aromatic heterocycles.